The van der Waals surface area contributed by atoms with Crippen LogP contribution in [0.5, 0.6) is 0 Å². The average Bonchev–Trinajstić information content (AvgIpc) is 3.12. The number of benzene rings is 2. The Bertz CT molecular complexity index is 824. The molecule has 0 aromatic heterocycles. The van der Waals surface area contributed by atoms with Crippen molar-refractivity contribution in [2.75, 3.05) is 38.1 Å². The molecule has 27 heavy (non-hydrogen) atoms. The van der Waals surface area contributed by atoms with Crippen LogP contribution in [0, 0.1) is 0 Å². The number of piperazine rings is 1. The maximum absolute atomic E-state index is 12.8. The summed E-state index contributed by atoms with van der Waals surface area (Å²) in [4.78, 5) is 31.4. The fourth-order valence-corrected chi connectivity index (χ4v) is 4.19. The molecular weight excluding hydrogens is 338 g/mol. The van der Waals surface area contributed by atoms with Crippen molar-refractivity contribution in [3.05, 3.63) is 66.2 Å². The summed E-state index contributed by atoms with van der Waals surface area (Å²) in [6.07, 6.45) is 1.32. The summed E-state index contributed by atoms with van der Waals surface area (Å²) in [6, 6.07) is 19.7. The van der Waals surface area contributed by atoms with E-state index in [1.807, 2.05) is 77.5 Å². The average molecular weight is 363 g/mol. The fraction of sp³-hybridized carbons (Fsp3) is 0.364. The van der Waals surface area contributed by atoms with Gasteiger partial charge in [0.1, 0.15) is 0 Å². The predicted octanol–water partition coefficient (Wildman–Crippen LogP) is 2.18. The Kier molecular flexibility index (Phi) is 4.70. The highest BCUT2D eigenvalue weighted by molar-refractivity contribution is 5.96. The molecular formula is C22H25N3O2. The van der Waals surface area contributed by atoms with Crippen molar-refractivity contribution in [3.8, 4) is 0 Å². The van der Waals surface area contributed by atoms with Crippen LogP contribution in [0.2, 0.25) is 0 Å². The minimum absolute atomic E-state index is 0.114. The van der Waals surface area contributed by atoms with Gasteiger partial charge in [-0.3, -0.25) is 14.5 Å². The molecule has 1 spiro atoms. The molecule has 0 radical (unpaired) electrons. The Hall–Kier alpha value is -2.66. The van der Waals surface area contributed by atoms with E-state index in [2.05, 4.69) is 4.90 Å². The molecule has 1 atom stereocenters. The van der Waals surface area contributed by atoms with Crippen molar-refractivity contribution >= 4 is 17.5 Å². The second kappa shape index (κ2) is 7.16. The lowest BCUT2D eigenvalue weighted by atomic mass is 9.92. The smallest absolute Gasteiger partial charge is 0.241 e. The van der Waals surface area contributed by atoms with Gasteiger partial charge in [-0.15, -0.1) is 0 Å². The molecule has 4 rings (SSSR count). The number of carbonyl (C=O) groups is 2. The molecule has 2 aromatic carbocycles. The van der Waals surface area contributed by atoms with Crippen LogP contribution in [0.25, 0.3) is 0 Å². The Morgan fingerprint density at radius 1 is 1.00 bits per heavy atom. The van der Waals surface area contributed by atoms with E-state index in [1.165, 1.54) is 0 Å². The fourth-order valence-electron chi connectivity index (χ4n) is 4.19. The van der Waals surface area contributed by atoms with Gasteiger partial charge in [0.2, 0.25) is 11.8 Å². The minimum atomic E-state index is -0.171. The van der Waals surface area contributed by atoms with Crippen molar-refractivity contribution in [1.82, 2.24) is 9.80 Å². The molecule has 140 valence electrons. The van der Waals surface area contributed by atoms with Gasteiger partial charge in [0.05, 0.1) is 18.5 Å². The number of hydrogen-bond acceptors (Lipinski definition) is 3. The van der Waals surface area contributed by atoms with Crippen LogP contribution in [0.3, 0.4) is 0 Å². The quantitative estimate of drug-likeness (QED) is 0.840. The molecule has 2 aliphatic heterocycles. The number of amides is 2. The van der Waals surface area contributed by atoms with Gasteiger partial charge in [0.15, 0.2) is 0 Å². The van der Waals surface area contributed by atoms with Crippen molar-refractivity contribution in [1.29, 1.82) is 0 Å². The Morgan fingerprint density at radius 2 is 1.67 bits per heavy atom. The molecule has 2 aromatic rings. The van der Waals surface area contributed by atoms with Gasteiger partial charge < -0.3 is 9.80 Å². The van der Waals surface area contributed by atoms with Crippen molar-refractivity contribution in [2.45, 2.75) is 18.4 Å². The molecule has 0 saturated carbocycles. The third-order valence-electron chi connectivity index (χ3n) is 5.89. The third-order valence-corrected chi connectivity index (χ3v) is 5.89. The van der Waals surface area contributed by atoms with Gasteiger partial charge >= 0.3 is 0 Å². The number of likely N-dealkylation sites (N-methyl/N-ethyl adjacent to an activating group) is 1. The minimum Gasteiger partial charge on any atom is -0.340 e. The lowest BCUT2D eigenvalue weighted by molar-refractivity contribution is -0.130. The van der Waals surface area contributed by atoms with Gasteiger partial charge in [-0.1, -0.05) is 48.5 Å². The lowest BCUT2D eigenvalue weighted by Crippen LogP contribution is -2.64. The van der Waals surface area contributed by atoms with E-state index >= 15 is 0 Å². The van der Waals surface area contributed by atoms with Gasteiger partial charge in [-0.05, 0) is 31.2 Å². The molecule has 0 N–H and O–H groups in total. The molecule has 2 saturated heterocycles. The van der Waals surface area contributed by atoms with E-state index < -0.39 is 0 Å². The van der Waals surface area contributed by atoms with Crippen LogP contribution in [-0.2, 0) is 16.0 Å². The molecule has 5 heteroatoms. The number of para-hydroxylation sites is 1. The zero-order chi connectivity index (χ0) is 18.9. The monoisotopic (exact) mass is 363 g/mol. The van der Waals surface area contributed by atoms with Crippen molar-refractivity contribution in [2.24, 2.45) is 0 Å². The zero-order valence-electron chi connectivity index (χ0n) is 15.7. The van der Waals surface area contributed by atoms with E-state index in [-0.39, 0.29) is 17.4 Å². The second-order valence-electron chi connectivity index (χ2n) is 7.62. The molecule has 2 fully saturated rings. The normalized spacial score (nSPS) is 23.2. The van der Waals surface area contributed by atoms with Crippen molar-refractivity contribution < 1.29 is 9.59 Å². The number of rotatable bonds is 3. The van der Waals surface area contributed by atoms with E-state index in [1.54, 1.807) is 0 Å². The number of carbonyl (C=O) groups excluding carboxylic acids is 2. The summed E-state index contributed by atoms with van der Waals surface area (Å²) in [5.41, 5.74) is 1.81. The summed E-state index contributed by atoms with van der Waals surface area (Å²) in [5.74, 6) is 0.276. The third kappa shape index (κ3) is 3.47. The van der Waals surface area contributed by atoms with E-state index in [9.17, 15) is 9.59 Å². The molecule has 2 amide bonds. The van der Waals surface area contributed by atoms with Crippen molar-refractivity contribution in [3.63, 3.8) is 0 Å². The zero-order valence-corrected chi connectivity index (χ0v) is 15.7. The first-order valence-electron chi connectivity index (χ1n) is 9.46. The van der Waals surface area contributed by atoms with Crippen LogP contribution < -0.4 is 4.90 Å². The van der Waals surface area contributed by atoms with Gasteiger partial charge in [0.25, 0.3) is 0 Å². The number of likely N-dealkylation sites (tertiary alicyclic amines) is 1. The molecule has 2 heterocycles. The Balaban J connectivity index is 1.49. The summed E-state index contributed by atoms with van der Waals surface area (Å²) in [5, 5.41) is 0. The number of hydrogen-bond donors (Lipinski definition) is 0. The van der Waals surface area contributed by atoms with Gasteiger partial charge in [0, 0.05) is 25.3 Å². The van der Waals surface area contributed by atoms with E-state index in [0.29, 0.717) is 26.1 Å². The van der Waals surface area contributed by atoms with Gasteiger partial charge in [-0.2, -0.15) is 0 Å². The van der Waals surface area contributed by atoms with Crippen LogP contribution in [0.15, 0.2) is 60.7 Å². The molecule has 0 aliphatic carbocycles. The first kappa shape index (κ1) is 17.7. The largest absolute Gasteiger partial charge is 0.340 e. The van der Waals surface area contributed by atoms with E-state index in [4.69, 9.17) is 0 Å². The van der Waals surface area contributed by atoms with Crippen LogP contribution in [-0.4, -0.2) is 60.4 Å². The summed E-state index contributed by atoms with van der Waals surface area (Å²) < 4.78 is 0. The Labute approximate surface area is 160 Å². The van der Waals surface area contributed by atoms with Crippen LogP contribution in [0.1, 0.15) is 12.0 Å². The Morgan fingerprint density at radius 3 is 2.37 bits per heavy atom. The SMILES string of the molecule is CN1CC(=O)N(c2ccccc2)CC12CCN(C(=O)Cc1ccccc1)C2. The molecule has 5 nitrogen and oxygen atoms in total. The summed E-state index contributed by atoms with van der Waals surface area (Å²) >= 11 is 0. The van der Waals surface area contributed by atoms with E-state index in [0.717, 1.165) is 24.2 Å². The van der Waals surface area contributed by atoms with Crippen LogP contribution >= 0.6 is 0 Å². The highest BCUT2D eigenvalue weighted by Crippen LogP contribution is 2.33. The molecule has 0 bridgehead atoms. The van der Waals surface area contributed by atoms with Gasteiger partial charge in [-0.25, -0.2) is 0 Å². The number of anilines is 1. The first-order valence-corrected chi connectivity index (χ1v) is 9.46. The summed E-state index contributed by atoms with van der Waals surface area (Å²) in [6.45, 7) is 2.43. The lowest BCUT2D eigenvalue weighted by Gasteiger charge is -2.46. The molecule has 1 unspecified atom stereocenters. The maximum atomic E-state index is 12.8. The van der Waals surface area contributed by atoms with Crippen LogP contribution in [0.4, 0.5) is 5.69 Å². The topological polar surface area (TPSA) is 43.9 Å². The second-order valence-corrected chi connectivity index (χ2v) is 7.62. The molecule has 2 aliphatic rings. The predicted molar refractivity (Wildman–Crippen MR) is 105 cm³/mol. The maximum Gasteiger partial charge on any atom is 0.241 e. The summed E-state index contributed by atoms with van der Waals surface area (Å²) in [7, 11) is 2.01. The standard InChI is InChI=1S/C22H25N3O2/c1-23-15-21(27)25(19-10-6-3-7-11-19)17-22(23)12-13-24(16-22)20(26)14-18-8-4-2-5-9-18/h2-11H,12-17H2,1H3. The number of nitrogens with zero attached hydrogens (tertiary/aromatic N) is 3. The first-order chi connectivity index (χ1) is 13.1. The highest BCUT2D eigenvalue weighted by atomic mass is 16.2. The highest BCUT2D eigenvalue weighted by Gasteiger charge is 2.48.